The number of anilines is 2. The molecule has 0 atom stereocenters. The molecule has 0 aromatic heterocycles. The second-order valence-corrected chi connectivity index (χ2v) is 9.27. The fourth-order valence-electron chi connectivity index (χ4n) is 4.45. The van der Waals surface area contributed by atoms with E-state index < -0.39 is 0 Å². The van der Waals surface area contributed by atoms with Gasteiger partial charge in [-0.15, -0.1) is 0 Å². The number of halogens is 1. The average molecular weight is 500 g/mol. The van der Waals surface area contributed by atoms with E-state index >= 15 is 0 Å². The molecule has 0 bridgehead atoms. The number of aryl methyl sites for hydroxylation is 1. The summed E-state index contributed by atoms with van der Waals surface area (Å²) in [6.07, 6.45) is 5.45. The van der Waals surface area contributed by atoms with Crippen LogP contribution in [0.2, 0.25) is 0 Å². The van der Waals surface area contributed by atoms with Gasteiger partial charge in [0.05, 0.1) is 17.9 Å². The third-order valence-electron chi connectivity index (χ3n) is 5.95. The van der Waals surface area contributed by atoms with Crippen LogP contribution in [0.1, 0.15) is 54.9 Å². The van der Waals surface area contributed by atoms with Crippen molar-refractivity contribution in [1.29, 1.82) is 0 Å². The Balaban J connectivity index is 1.65. The minimum atomic E-state index is -0.312. The summed E-state index contributed by atoms with van der Waals surface area (Å²) >= 11 is 9.50. The van der Waals surface area contributed by atoms with Crippen molar-refractivity contribution in [3.63, 3.8) is 0 Å². The summed E-state index contributed by atoms with van der Waals surface area (Å²) in [5.41, 5.74) is 3.38. The van der Waals surface area contributed by atoms with Gasteiger partial charge in [0, 0.05) is 10.2 Å². The summed E-state index contributed by atoms with van der Waals surface area (Å²) in [4.78, 5) is 19.0. The average Bonchev–Trinajstić information content (AvgIpc) is 3.00. The van der Waals surface area contributed by atoms with Crippen molar-refractivity contribution in [2.75, 3.05) is 16.8 Å². The molecule has 0 saturated heterocycles. The van der Waals surface area contributed by atoms with Gasteiger partial charge < -0.3 is 15.0 Å². The van der Waals surface area contributed by atoms with Crippen LogP contribution in [0, 0.1) is 6.92 Å². The molecule has 0 unspecified atom stereocenters. The van der Waals surface area contributed by atoms with Crippen LogP contribution in [0.25, 0.3) is 0 Å². The Hall–Kier alpha value is -2.25. The van der Waals surface area contributed by atoms with Crippen LogP contribution < -0.4 is 10.2 Å². The standard InChI is InChI=1S/C24H26BrN3O2S/c1-3-30-21(29)17-8-10-18(11-9-17)26-22-24(13-5-4-6-14-24)28(23(31)27-22)20-12-7-16(2)15-19(20)25/h7-12,15H,3-6,13-14H2,1-2H3,(H,26,27,31). The van der Waals surface area contributed by atoms with Crippen molar-refractivity contribution in [1.82, 2.24) is 0 Å². The monoisotopic (exact) mass is 499 g/mol. The third-order valence-corrected chi connectivity index (χ3v) is 6.86. The zero-order valence-corrected chi connectivity index (χ0v) is 20.2. The van der Waals surface area contributed by atoms with E-state index in [0.717, 1.165) is 47.4 Å². The maximum Gasteiger partial charge on any atom is 0.338 e. The van der Waals surface area contributed by atoms with Gasteiger partial charge in [0.2, 0.25) is 5.11 Å². The Labute approximate surface area is 197 Å². The zero-order valence-electron chi connectivity index (χ0n) is 17.8. The molecule has 1 fully saturated rings. The normalized spacial score (nSPS) is 17.6. The molecule has 31 heavy (non-hydrogen) atoms. The van der Waals surface area contributed by atoms with E-state index in [9.17, 15) is 4.79 Å². The van der Waals surface area contributed by atoms with E-state index in [-0.39, 0.29) is 11.5 Å². The highest BCUT2D eigenvalue weighted by Crippen LogP contribution is 2.44. The van der Waals surface area contributed by atoms with Crippen molar-refractivity contribution in [2.24, 2.45) is 4.99 Å². The highest BCUT2D eigenvalue weighted by atomic mass is 79.9. The van der Waals surface area contributed by atoms with Gasteiger partial charge in [0.1, 0.15) is 11.4 Å². The molecule has 0 amide bonds. The first kappa shape index (κ1) is 22.0. The zero-order chi connectivity index (χ0) is 22.0. The number of hydrogen-bond acceptors (Lipinski definition) is 4. The van der Waals surface area contributed by atoms with Crippen LogP contribution in [-0.4, -0.2) is 29.1 Å². The Morgan fingerprint density at radius 3 is 2.55 bits per heavy atom. The lowest BCUT2D eigenvalue weighted by Gasteiger charge is -2.43. The van der Waals surface area contributed by atoms with E-state index in [1.807, 2.05) is 12.1 Å². The summed E-state index contributed by atoms with van der Waals surface area (Å²) in [5.74, 6) is 0.571. The number of nitrogens with one attached hydrogen (secondary N) is 1. The van der Waals surface area contributed by atoms with Crippen molar-refractivity contribution in [2.45, 2.75) is 51.5 Å². The van der Waals surface area contributed by atoms with Crippen molar-refractivity contribution in [3.05, 3.63) is 58.1 Å². The molecular formula is C24H26BrN3O2S. The number of benzene rings is 2. The minimum absolute atomic E-state index is 0.285. The number of aliphatic imine (C=N–C) groups is 1. The molecule has 4 rings (SSSR count). The van der Waals surface area contributed by atoms with Gasteiger partial charge in [-0.05, 0) is 96.8 Å². The number of thiocarbonyl (C=S) groups is 1. The molecule has 2 aromatic carbocycles. The number of ether oxygens (including phenoxy) is 1. The first-order chi connectivity index (χ1) is 14.9. The highest BCUT2D eigenvalue weighted by Gasteiger charge is 2.49. The van der Waals surface area contributed by atoms with Gasteiger partial charge in [-0.3, -0.25) is 0 Å². The summed E-state index contributed by atoms with van der Waals surface area (Å²) in [7, 11) is 0. The van der Waals surface area contributed by atoms with Gasteiger partial charge in [0.25, 0.3) is 0 Å². The summed E-state index contributed by atoms with van der Waals surface area (Å²) in [6, 6.07) is 13.7. The molecule has 1 aliphatic heterocycles. The fourth-order valence-corrected chi connectivity index (χ4v) is 5.48. The number of hydrogen-bond donors (Lipinski definition) is 1. The van der Waals surface area contributed by atoms with Crippen LogP contribution in [0.3, 0.4) is 0 Å². The lowest BCUT2D eigenvalue weighted by atomic mass is 9.79. The molecule has 1 heterocycles. The Bertz CT molecular complexity index is 1030. The van der Waals surface area contributed by atoms with Gasteiger partial charge in [-0.25, -0.2) is 9.79 Å². The second-order valence-electron chi connectivity index (χ2n) is 8.05. The van der Waals surface area contributed by atoms with Crippen LogP contribution in [0.4, 0.5) is 11.4 Å². The maximum absolute atomic E-state index is 11.9. The number of carbonyl (C=O) groups is 1. The third kappa shape index (κ3) is 4.26. The van der Waals surface area contributed by atoms with Gasteiger partial charge >= 0.3 is 5.97 Å². The molecule has 2 aromatic rings. The predicted octanol–water partition coefficient (Wildman–Crippen LogP) is 6.25. The molecule has 5 nitrogen and oxygen atoms in total. The number of rotatable bonds is 4. The topological polar surface area (TPSA) is 53.9 Å². The lowest BCUT2D eigenvalue weighted by Crippen LogP contribution is -2.55. The predicted molar refractivity (Wildman–Crippen MR) is 133 cm³/mol. The van der Waals surface area contributed by atoms with Crippen LogP contribution in [0.5, 0.6) is 0 Å². The lowest BCUT2D eigenvalue weighted by molar-refractivity contribution is 0.0526. The molecule has 1 spiro atoms. The second kappa shape index (κ2) is 9.09. The molecule has 2 aliphatic rings. The van der Waals surface area contributed by atoms with Gasteiger partial charge in [-0.2, -0.15) is 0 Å². The van der Waals surface area contributed by atoms with Gasteiger partial charge in [-0.1, -0.05) is 25.3 Å². The first-order valence-electron chi connectivity index (χ1n) is 10.7. The Kier molecular flexibility index (Phi) is 6.44. The Morgan fingerprint density at radius 2 is 1.90 bits per heavy atom. The van der Waals surface area contributed by atoms with Crippen molar-refractivity contribution >= 4 is 56.4 Å². The van der Waals surface area contributed by atoms with E-state index in [2.05, 4.69) is 51.3 Å². The Morgan fingerprint density at radius 1 is 1.19 bits per heavy atom. The molecule has 0 radical (unpaired) electrons. The maximum atomic E-state index is 11.9. The SMILES string of the molecule is CCOC(=O)c1ccc(NC2=NC(=S)N(c3ccc(C)cc3Br)C23CCCCC3)cc1. The quantitative estimate of drug-likeness (QED) is 0.397. The molecule has 1 saturated carbocycles. The highest BCUT2D eigenvalue weighted by molar-refractivity contribution is 9.10. The summed E-state index contributed by atoms with van der Waals surface area (Å²) < 4.78 is 6.10. The van der Waals surface area contributed by atoms with E-state index in [4.69, 9.17) is 21.9 Å². The fraction of sp³-hybridized carbons (Fsp3) is 0.375. The smallest absolute Gasteiger partial charge is 0.338 e. The summed E-state index contributed by atoms with van der Waals surface area (Å²) in [6.45, 7) is 4.24. The minimum Gasteiger partial charge on any atom is -0.462 e. The number of amidine groups is 1. The number of esters is 1. The van der Waals surface area contributed by atoms with Crippen LogP contribution >= 0.6 is 28.1 Å². The van der Waals surface area contributed by atoms with Crippen LogP contribution in [-0.2, 0) is 4.74 Å². The van der Waals surface area contributed by atoms with Crippen molar-refractivity contribution in [3.8, 4) is 0 Å². The molecule has 1 N–H and O–H groups in total. The number of carbonyl (C=O) groups excluding carboxylic acids is 1. The van der Waals surface area contributed by atoms with Crippen molar-refractivity contribution < 1.29 is 9.53 Å². The number of nitrogens with zero attached hydrogens (tertiary/aromatic N) is 2. The molecular weight excluding hydrogens is 474 g/mol. The van der Waals surface area contributed by atoms with Gasteiger partial charge in [0.15, 0.2) is 0 Å². The molecule has 162 valence electrons. The molecule has 7 heteroatoms. The largest absolute Gasteiger partial charge is 0.462 e. The van der Waals surface area contributed by atoms with E-state index in [1.54, 1.807) is 19.1 Å². The molecule has 1 aliphatic carbocycles. The van der Waals surface area contributed by atoms with E-state index in [0.29, 0.717) is 17.3 Å². The van der Waals surface area contributed by atoms with Crippen LogP contribution in [0.15, 0.2) is 51.9 Å². The van der Waals surface area contributed by atoms with E-state index in [1.165, 1.54) is 12.0 Å². The summed E-state index contributed by atoms with van der Waals surface area (Å²) in [5, 5.41) is 4.09. The first-order valence-corrected chi connectivity index (χ1v) is 11.9.